The average Bonchev–Trinajstić information content (AvgIpc) is 2.98. The Kier molecular flexibility index (Phi) is 4.93. The first-order valence-corrected chi connectivity index (χ1v) is 8.47. The number of hydrogen-bond donors (Lipinski definition) is 0. The first kappa shape index (κ1) is 14.9. The molecule has 0 saturated heterocycles. The summed E-state index contributed by atoms with van der Waals surface area (Å²) in [7, 11) is 0. The summed E-state index contributed by atoms with van der Waals surface area (Å²) < 4.78 is 1.04. The number of benzene rings is 2. The van der Waals surface area contributed by atoms with Gasteiger partial charge >= 0.3 is 0 Å². The molecule has 0 aliphatic carbocycles. The van der Waals surface area contributed by atoms with Crippen LogP contribution >= 0.6 is 27.3 Å². The van der Waals surface area contributed by atoms with Crippen molar-refractivity contribution >= 4 is 39.2 Å². The largest absolute Gasteiger partial charge is 0.157 e. The van der Waals surface area contributed by atoms with Gasteiger partial charge in [-0.05, 0) is 27.4 Å². The van der Waals surface area contributed by atoms with Crippen LogP contribution in [0.2, 0.25) is 0 Å². The second-order valence-corrected chi connectivity index (χ2v) is 6.36. The van der Waals surface area contributed by atoms with Crippen LogP contribution in [0.1, 0.15) is 16.0 Å². The van der Waals surface area contributed by atoms with Gasteiger partial charge in [0.15, 0.2) is 0 Å². The van der Waals surface area contributed by atoms with Crippen molar-refractivity contribution in [2.75, 3.05) is 0 Å². The SMILES string of the molecule is Brc1ccsc1/C=N/N=C(c1ccccc1)c1ccccc1. The highest BCUT2D eigenvalue weighted by Crippen LogP contribution is 2.20. The minimum absolute atomic E-state index is 0.866. The van der Waals surface area contributed by atoms with Crippen molar-refractivity contribution in [3.05, 3.63) is 92.6 Å². The topological polar surface area (TPSA) is 24.7 Å². The second-order valence-electron chi connectivity index (χ2n) is 4.56. The van der Waals surface area contributed by atoms with Crippen LogP contribution in [-0.2, 0) is 0 Å². The molecular formula is C18H13BrN2S. The molecule has 0 spiro atoms. The Morgan fingerprint density at radius 1 is 0.864 bits per heavy atom. The lowest BCUT2D eigenvalue weighted by molar-refractivity contribution is 1.24. The van der Waals surface area contributed by atoms with Crippen LogP contribution in [0.5, 0.6) is 0 Å². The predicted octanol–water partition coefficient (Wildman–Crippen LogP) is 5.38. The van der Waals surface area contributed by atoms with E-state index in [0.29, 0.717) is 0 Å². The predicted molar refractivity (Wildman–Crippen MR) is 98.1 cm³/mol. The smallest absolute Gasteiger partial charge is 0.100 e. The van der Waals surface area contributed by atoms with Crippen LogP contribution in [0, 0.1) is 0 Å². The molecule has 1 aromatic heterocycles. The summed E-state index contributed by atoms with van der Waals surface area (Å²) in [6, 6.07) is 22.2. The summed E-state index contributed by atoms with van der Waals surface area (Å²) in [6.07, 6.45) is 1.78. The van der Waals surface area contributed by atoms with Crippen molar-refractivity contribution in [2.24, 2.45) is 10.2 Å². The molecule has 108 valence electrons. The van der Waals surface area contributed by atoms with Gasteiger partial charge in [-0.1, -0.05) is 60.7 Å². The Bertz CT molecular complexity index is 751. The molecule has 0 unspecified atom stereocenters. The standard InChI is InChI=1S/C18H13BrN2S/c19-16-11-12-22-17(16)13-20-21-18(14-7-3-1-4-8-14)15-9-5-2-6-10-15/h1-13H/b20-13+. The maximum absolute atomic E-state index is 4.45. The Morgan fingerprint density at radius 2 is 1.45 bits per heavy atom. The lowest BCUT2D eigenvalue weighted by Gasteiger charge is -2.04. The Balaban J connectivity index is 1.97. The Morgan fingerprint density at radius 3 is 1.95 bits per heavy atom. The maximum atomic E-state index is 4.45. The molecule has 0 aliphatic heterocycles. The summed E-state index contributed by atoms with van der Waals surface area (Å²) in [5.74, 6) is 0. The summed E-state index contributed by atoms with van der Waals surface area (Å²) >= 11 is 5.12. The van der Waals surface area contributed by atoms with E-state index >= 15 is 0 Å². The molecule has 0 saturated carbocycles. The third kappa shape index (κ3) is 3.59. The zero-order valence-corrected chi connectivity index (χ0v) is 14.1. The van der Waals surface area contributed by atoms with Gasteiger partial charge < -0.3 is 0 Å². The van der Waals surface area contributed by atoms with Crippen molar-refractivity contribution in [3.8, 4) is 0 Å². The zero-order chi connectivity index (χ0) is 15.2. The minimum Gasteiger partial charge on any atom is -0.157 e. The fourth-order valence-corrected chi connectivity index (χ4v) is 3.34. The molecule has 0 radical (unpaired) electrons. The summed E-state index contributed by atoms with van der Waals surface area (Å²) in [6.45, 7) is 0. The van der Waals surface area contributed by atoms with Gasteiger partial charge in [0.05, 0.1) is 11.1 Å². The van der Waals surface area contributed by atoms with E-state index in [9.17, 15) is 0 Å². The van der Waals surface area contributed by atoms with E-state index in [-0.39, 0.29) is 0 Å². The van der Waals surface area contributed by atoms with Crippen LogP contribution in [0.15, 0.2) is 86.8 Å². The molecule has 3 aromatic rings. The number of thiophene rings is 1. The molecule has 0 atom stereocenters. The molecule has 0 fully saturated rings. The lowest BCUT2D eigenvalue weighted by atomic mass is 10.0. The molecule has 1 heterocycles. The maximum Gasteiger partial charge on any atom is 0.100 e. The molecule has 0 amide bonds. The van der Waals surface area contributed by atoms with Gasteiger partial charge in [0, 0.05) is 15.6 Å². The molecule has 0 N–H and O–H groups in total. The zero-order valence-electron chi connectivity index (χ0n) is 11.7. The average molecular weight is 369 g/mol. The summed E-state index contributed by atoms with van der Waals surface area (Å²) in [5, 5.41) is 10.7. The number of hydrogen-bond acceptors (Lipinski definition) is 3. The van der Waals surface area contributed by atoms with Gasteiger partial charge in [-0.15, -0.1) is 16.4 Å². The van der Waals surface area contributed by atoms with Crippen molar-refractivity contribution in [2.45, 2.75) is 0 Å². The van der Waals surface area contributed by atoms with E-state index in [1.807, 2.05) is 72.1 Å². The third-order valence-electron chi connectivity index (χ3n) is 3.07. The van der Waals surface area contributed by atoms with E-state index in [2.05, 4.69) is 26.1 Å². The van der Waals surface area contributed by atoms with Gasteiger partial charge in [0.1, 0.15) is 5.71 Å². The summed E-state index contributed by atoms with van der Waals surface area (Å²) in [4.78, 5) is 1.06. The van der Waals surface area contributed by atoms with E-state index < -0.39 is 0 Å². The molecule has 3 rings (SSSR count). The molecular weight excluding hydrogens is 356 g/mol. The highest BCUT2D eigenvalue weighted by molar-refractivity contribution is 9.10. The number of nitrogens with zero attached hydrogens (tertiary/aromatic N) is 2. The number of halogens is 1. The fourth-order valence-electron chi connectivity index (χ4n) is 2.01. The second kappa shape index (κ2) is 7.29. The molecule has 22 heavy (non-hydrogen) atoms. The molecule has 4 heteroatoms. The van der Waals surface area contributed by atoms with Crippen LogP contribution in [0.25, 0.3) is 0 Å². The van der Waals surface area contributed by atoms with E-state index in [0.717, 1.165) is 26.2 Å². The van der Waals surface area contributed by atoms with Crippen molar-refractivity contribution in [3.63, 3.8) is 0 Å². The van der Waals surface area contributed by atoms with Gasteiger partial charge in [0.25, 0.3) is 0 Å². The van der Waals surface area contributed by atoms with Crippen molar-refractivity contribution in [1.29, 1.82) is 0 Å². The summed E-state index contributed by atoms with van der Waals surface area (Å²) in [5.41, 5.74) is 2.97. The van der Waals surface area contributed by atoms with E-state index in [1.54, 1.807) is 17.6 Å². The van der Waals surface area contributed by atoms with Gasteiger partial charge in [-0.25, -0.2) is 0 Å². The monoisotopic (exact) mass is 368 g/mol. The van der Waals surface area contributed by atoms with Crippen LogP contribution < -0.4 is 0 Å². The first-order valence-electron chi connectivity index (χ1n) is 6.79. The molecule has 0 bridgehead atoms. The van der Waals surface area contributed by atoms with E-state index in [4.69, 9.17) is 0 Å². The molecule has 2 nitrogen and oxygen atoms in total. The third-order valence-corrected chi connectivity index (χ3v) is 4.88. The fraction of sp³-hybridized carbons (Fsp3) is 0. The molecule has 0 aliphatic rings. The highest BCUT2D eigenvalue weighted by atomic mass is 79.9. The van der Waals surface area contributed by atoms with Crippen LogP contribution in [0.3, 0.4) is 0 Å². The van der Waals surface area contributed by atoms with Crippen molar-refractivity contribution in [1.82, 2.24) is 0 Å². The van der Waals surface area contributed by atoms with Crippen LogP contribution in [-0.4, -0.2) is 11.9 Å². The first-order chi connectivity index (χ1) is 10.8. The highest BCUT2D eigenvalue weighted by Gasteiger charge is 2.05. The Hall–Kier alpha value is -2.04. The Labute approximate surface area is 142 Å². The molecule has 2 aromatic carbocycles. The van der Waals surface area contributed by atoms with Crippen molar-refractivity contribution < 1.29 is 0 Å². The van der Waals surface area contributed by atoms with Gasteiger partial charge in [0.2, 0.25) is 0 Å². The number of rotatable bonds is 4. The van der Waals surface area contributed by atoms with Crippen LogP contribution in [0.4, 0.5) is 0 Å². The van der Waals surface area contributed by atoms with Gasteiger partial charge in [-0.3, -0.25) is 0 Å². The normalized spacial score (nSPS) is 10.8. The van der Waals surface area contributed by atoms with Gasteiger partial charge in [-0.2, -0.15) is 5.10 Å². The quantitative estimate of drug-likeness (QED) is 0.436. The van der Waals surface area contributed by atoms with E-state index in [1.165, 1.54) is 0 Å². The minimum atomic E-state index is 0.866. The lowest BCUT2D eigenvalue weighted by Crippen LogP contribution is -2.02.